The molecular formula is C11H13N5O4. The van der Waals surface area contributed by atoms with Crippen molar-refractivity contribution >= 4 is 23.5 Å². The van der Waals surface area contributed by atoms with E-state index in [0.29, 0.717) is 17.0 Å². The van der Waals surface area contributed by atoms with Gasteiger partial charge in [-0.1, -0.05) is 5.16 Å². The zero-order valence-electron chi connectivity index (χ0n) is 11.2. The topological polar surface area (TPSA) is 123 Å². The smallest absolute Gasteiger partial charge is 0.230 e. The molecule has 0 saturated carbocycles. The molecular weight excluding hydrogens is 266 g/mol. The molecule has 0 atom stereocenters. The van der Waals surface area contributed by atoms with Crippen molar-refractivity contribution in [2.75, 3.05) is 10.6 Å². The normalized spacial score (nSPS) is 10.3. The number of carbonyl (C=O) groups is 2. The van der Waals surface area contributed by atoms with Crippen molar-refractivity contribution in [3.8, 4) is 0 Å². The van der Waals surface area contributed by atoms with Gasteiger partial charge in [0.15, 0.2) is 0 Å². The molecule has 9 nitrogen and oxygen atoms in total. The van der Waals surface area contributed by atoms with Crippen molar-refractivity contribution in [1.82, 2.24) is 15.5 Å². The molecule has 0 unspecified atom stereocenters. The standard InChI is InChI=1S/C11H13N5O4/c1-5-8(6(2)19-14-5)4-9(18)13-11-10(12-7(3)17)15-20-16-11/h4H2,1-3H3,(H,12,15,17)(H,13,16,18). The average molecular weight is 279 g/mol. The van der Waals surface area contributed by atoms with Crippen LogP contribution in [0, 0.1) is 13.8 Å². The van der Waals surface area contributed by atoms with Crippen LogP contribution in [0.5, 0.6) is 0 Å². The lowest BCUT2D eigenvalue weighted by Gasteiger charge is -2.03. The van der Waals surface area contributed by atoms with E-state index in [0.717, 1.165) is 0 Å². The van der Waals surface area contributed by atoms with Crippen LogP contribution >= 0.6 is 0 Å². The third-order valence-corrected chi connectivity index (χ3v) is 2.56. The second-order valence-electron chi connectivity index (χ2n) is 4.17. The Kier molecular flexibility index (Phi) is 3.78. The van der Waals surface area contributed by atoms with E-state index in [9.17, 15) is 9.59 Å². The fourth-order valence-electron chi connectivity index (χ4n) is 1.61. The Morgan fingerprint density at radius 2 is 1.75 bits per heavy atom. The van der Waals surface area contributed by atoms with Crippen molar-refractivity contribution in [3.05, 3.63) is 17.0 Å². The first-order chi connectivity index (χ1) is 9.47. The highest BCUT2D eigenvalue weighted by Crippen LogP contribution is 2.17. The van der Waals surface area contributed by atoms with Gasteiger partial charge in [0.25, 0.3) is 0 Å². The lowest BCUT2D eigenvalue weighted by Crippen LogP contribution is -2.17. The Labute approximate surface area is 113 Å². The third kappa shape index (κ3) is 2.99. The Balaban J connectivity index is 2.05. The van der Waals surface area contributed by atoms with E-state index >= 15 is 0 Å². The molecule has 2 heterocycles. The molecule has 0 saturated heterocycles. The molecule has 9 heteroatoms. The molecule has 106 valence electrons. The molecule has 0 aromatic carbocycles. The number of nitrogens with one attached hydrogen (secondary N) is 2. The highest BCUT2D eigenvalue weighted by molar-refractivity contribution is 5.97. The monoisotopic (exact) mass is 279 g/mol. The summed E-state index contributed by atoms with van der Waals surface area (Å²) in [6.07, 6.45) is 0.0769. The van der Waals surface area contributed by atoms with E-state index in [1.165, 1.54) is 6.92 Å². The number of hydrogen-bond acceptors (Lipinski definition) is 7. The van der Waals surface area contributed by atoms with E-state index < -0.39 is 0 Å². The summed E-state index contributed by atoms with van der Waals surface area (Å²) in [5.41, 5.74) is 1.36. The molecule has 0 spiro atoms. The maximum Gasteiger partial charge on any atom is 0.230 e. The van der Waals surface area contributed by atoms with Gasteiger partial charge in [-0.3, -0.25) is 9.59 Å². The predicted octanol–water partition coefficient (Wildman–Crippen LogP) is 0.814. The molecule has 20 heavy (non-hydrogen) atoms. The van der Waals surface area contributed by atoms with Crippen LogP contribution < -0.4 is 10.6 Å². The highest BCUT2D eigenvalue weighted by atomic mass is 16.6. The minimum atomic E-state index is -0.346. The van der Waals surface area contributed by atoms with Crippen LogP contribution in [0.25, 0.3) is 0 Å². The molecule has 0 aliphatic heterocycles. The Bertz CT molecular complexity index is 626. The molecule has 0 fully saturated rings. The van der Waals surface area contributed by atoms with Gasteiger partial charge in [0.05, 0.1) is 12.1 Å². The molecule has 0 radical (unpaired) electrons. The minimum absolute atomic E-state index is 0.0527. The fourth-order valence-corrected chi connectivity index (χ4v) is 1.61. The summed E-state index contributed by atoms with van der Waals surface area (Å²) in [7, 11) is 0. The number of rotatable bonds is 4. The molecule has 2 N–H and O–H groups in total. The van der Waals surface area contributed by atoms with Crippen LogP contribution in [0.2, 0.25) is 0 Å². The first-order valence-corrected chi connectivity index (χ1v) is 5.79. The van der Waals surface area contributed by atoms with Crippen molar-refractivity contribution < 1.29 is 18.7 Å². The van der Waals surface area contributed by atoms with Crippen LogP contribution in [-0.4, -0.2) is 27.3 Å². The summed E-state index contributed by atoms with van der Waals surface area (Å²) < 4.78 is 9.44. The molecule has 2 rings (SSSR count). The van der Waals surface area contributed by atoms with Crippen LogP contribution in [0.3, 0.4) is 0 Å². The van der Waals surface area contributed by atoms with E-state index in [1.54, 1.807) is 13.8 Å². The van der Waals surface area contributed by atoms with Crippen LogP contribution in [0.1, 0.15) is 23.9 Å². The van der Waals surface area contributed by atoms with E-state index in [1.807, 2.05) is 0 Å². The van der Waals surface area contributed by atoms with Crippen molar-refractivity contribution in [3.63, 3.8) is 0 Å². The van der Waals surface area contributed by atoms with Crippen molar-refractivity contribution in [2.24, 2.45) is 0 Å². The SMILES string of the molecule is CC(=O)Nc1nonc1NC(=O)Cc1c(C)noc1C. The average Bonchev–Trinajstić information content (AvgIpc) is 2.90. The summed E-state index contributed by atoms with van der Waals surface area (Å²) in [5, 5.41) is 15.6. The first-order valence-electron chi connectivity index (χ1n) is 5.79. The summed E-state index contributed by atoms with van der Waals surface area (Å²) in [6.45, 7) is 4.78. The maximum absolute atomic E-state index is 11.9. The van der Waals surface area contributed by atoms with Gasteiger partial charge >= 0.3 is 0 Å². The third-order valence-electron chi connectivity index (χ3n) is 2.56. The van der Waals surface area contributed by atoms with E-state index in [-0.39, 0.29) is 29.9 Å². The van der Waals surface area contributed by atoms with Gasteiger partial charge in [0.2, 0.25) is 23.5 Å². The number of amides is 2. The van der Waals surface area contributed by atoms with Gasteiger partial charge in [0, 0.05) is 12.5 Å². The molecule has 0 aliphatic rings. The van der Waals surface area contributed by atoms with Gasteiger partial charge in [-0.2, -0.15) is 0 Å². The molecule has 2 aromatic rings. The highest BCUT2D eigenvalue weighted by Gasteiger charge is 2.17. The number of anilines is 2. The minimum Gasteiger partial charge on any atom is -0.361 e. The van der Waals surface area contributed by atoms with Crippen LogP contribution in [0.15, 0.2) is 9.15 Å². The summed E-state index contributed by atoms with van der Waals surface area (Å²) in [6, 6.07) is 0. The number of hydrogen-bond donors (Lipinski definition) is 2. The number of aromatic nitrogens is 3. The first kappa shape index (κ1) is 13.7. The number of carbonyl (C=O) groups excluding carboxylic acids is 2. The number of aryl methyl sites for hydroxylation is 2. The van der Waals surface area contributed by atoms with Crippen molar-refractivity contribution in [1.29, 1.82) is 0 Å². The predicted molar refractivity (Wildman–Crippen MR) is 66.9 cm³/mol. The largest absolute Gasteiger partial charge is 0.361 e. The molecule has 2 amide bonds. The van der Waals surface area contributed by atoms with Gasteiger partial charge < -0.3 is 15.2 Å². The van der Waals surface area contributed by atoms with Crippen LogP contribution in [-0.2, 0) is 16.0 Å². The number of nitrogens with zero attached hydrogens (tertiary/aromatic N) is 3. The summed E-state index contributed by atoms with van der Waals surface area (Å²) in [5.74, 6) is 0.00297. The zero-order chi connectivity index (χ0) is 14.7. The summed E-state index contributed by atoms with van der Waals surface area (Å²) >= 11 is 0. The Morgan fingerprint density at radius 3 is 2.30 bits per heavy atom. The van der Waals surface area contributed by atoms with E-state index in [4.69, 9.17) is 4.52 Å². The van der Waals surface area contributed by atoms with Crippen molar-refractivity contribution in [2.45, 2.75) is 27.2 Å². The Hall–Kier alpha value is -2.71. The van der Waals surface area contributed by atoms with Gasteiger partial charge in [-0.25, -0.2) is 4.63 Å². The fraction of sp³-hybridized carbons (Fsp3) is 0.364. The lowest BCUT2D eigenvalue weighted by atomic mass is 10.1. The van der Waals surface area contributed by atoms with Gasteiger partial charge in [-0.15, -0.1) is 0 Å². The molecule has 0 bridgehead atoms. The second-order valence-corrected chi connectivity index (χ2v) is 4.17. The van der Waals surface area contributed by atoms with Crippen LogP contribution in [0.4, 0.5) is 11.6 Å². The zero-order valence-corrected chi connectivity index (χ0v) is 11.2. The quantitative estimate of drug-likeness (QED) is 0.848. The maximum atomic E-state index is 11.9. The lowest BCUT2D eigenvalue weighted by molar-refractivity contribution is -0.116. The Morgan fingerprint density at radius 1 is 1.10 bits per heavy atom. The molecule has 0 aliphatic carbocycles. The summed E-state index contributed by atoms with van der Waals surface area (Å²) in [4.78, 5) is 22.9. The van der Waals surface area contributed by atoms with Gasteiger partial charge in [-0.05, 0) is 24.2 Å². The van der Waals surface area contributed by atoms with Gasteiger partial charge in [0.1, 0.15) is 5.76 Å². The molecule has 2 aromatic heterocycles. The second kappa shape index (κ2) is 5.51. The van der Waals surface area contributed by atoms with E-state index in [2.05, 4.69) is 30.7 Å².